The molecule has 0 spiro atoms. The number of nitrogens with one attached hydrogen (secondary N) is 1. The molecular formula is C10H20N2O4S. The lowest BCUT2D eigenvalue weighted by atomic mass is 10.2. The molecule has 0 aromatic rings. The highest BCUT2D eigenvalue weighted by Gasteiger charge is 2.28. The Kier molecular flexibility index (Phi) is 4.91. The normalized spacial score (nSPS) is 24.8. The van der Waals surface area contributed by atoms with Gasteiger partial charge in [-0.2, -0.15) is 0 Å². The maximum absolute atomic E-state index is 11.6. The molecule has 2 unspecified atom stereocenters. The fourth-order valence-electron chi connectivity index (χ4n) is 1.94. The fourth-order valence-corrected chi connectivity index (χ4v) is 3.62. The largest absolute Gasteiger partial charge is 0.392 e. The maximum atomic E-state index is 11.6. The first-order valence-corrected chi connectivity index (χ1v) is 7.47. The molecule has 0 aromatic carbocycles. The number of aliphatic hydroxyl groups excluding tert-OH is 1. The van der Waals surface area contributed by atoms with Gasteiger partial charge in [0.1, 0.15) is 0 Å². The van der Waals surface area contributed by atoms with E-state index in [1.165, 1.54) is 0 Å². The van der Waals surface area contributed by atoms with Crippen molar-refractivity contribution >= 4 is 15.7 Å². The first-order chi connectivity index (χ1) is 7.78. The number of amides is 1. The highest BCUT2D eigenvalue weighted by molar-refractivity contribution is 7.91. The molecule has 0 aliphatic carbocycles. The molecule has 2 N–H and O–H groups in total. The van der Waals surface area contributed by atoms with E-state index in [4.69, 9.17) is 5.11 Å². The molecule has 17 heavy (non-hydrogen) atoms. The number of aliphatic hydroxyl groups is 1. The molecule has 0 bridgehead atoms. The number of carbonyl (C=O) groups excluding carboxylic acids is 1. The summed E-state index contributed by atoms with van der Waals surface area (Å²) in [5.41, 5.74) is 0. The fraction of sp³-hybridized carbons (Fsp3) is 0.900. The summed E-state index contributed by atoms with van der Waals surface area (Å²) in [6.45, 7) is 2.23. The summed E-state index contributed by atoms with van der Waals surface area (Å²) in [5, 5.41) is 11.8. The van der Waals surface area contributed by atoms with E-state index in [1.807, 2.05) is 0 Å². The van der Waals surface area contributed by atoms with Gasteiger partial charge in [-0.05, 0) is 20.4 Å². The van der Waals surface area contributed by atoms with Crippen molar-refractivity contribution in [1.82, 2.24) is 10.2 Å². The van der Waals surface area contributed by atoms with E-state index in [-0.39, 0.29) is 30.0 Å². The Morgan fingerprint density at radius 3 is 2.71 bits per heavy atom. The van der Waals surface area contributed by atoms with Crippen LogP contribution in [0.1, 0.15) is 13.3 Å². The van der Waals surface area contributed by atoms with Crippen LogP contribution < -0.4 is 5.32 Å². The molecule has 2 atom stereocenters. The second-order valence-electron chi connectivity index (χ2n) is 4.71. The van der Waals surface area contributed by atoms with Crippen molar-refractivity contribution in [3.63, 3.8) is 0 Å². The van der Waals surface area contributed by atoms with Gasteiger partial charge < -0.3 is 10.4 Å². The van der Waals surface area contributed by atoms with Gasteiger partial charge in [-0.15, -0.1) is 0 Å². The number of nitrogens with zero attached hydrogens (tertiary/aromatic N) is 1. The van der Waals surface area contributed by atoms with Gasteiger partial charge in [-0.3, -0.25) is 9.69 Å². The summed E-state index contributed by atoms with van der Waals surface area (Å²) in [7, 11) is -1.22. The second-order valence-corrected chi connectivity index (χ2v) is 6.94. The van der Waals surface area contributed by atoms with Crippen LogP contribution in [0.15, 0.2) is 0 Å². The Labute approximate surface area is 102 Å². The van der Waals surface area contributed by atoms with E-state index in [0.717, 1.165) is 0 Å². The Hall–Kier alpha value is -0.660. The van der Waals surface area contributed by atoms with E-state index in [9.17, 15) is 13.2 Å². The van der Waals surface area contributed by atoms with E-state index in [0.29, 0.717) is 13.0 Å². The molecule has 1 fully saturated rings. The van der Waals surface area contributed by atoms with Crippen molar-refractivity contribution in [2.75, 3.05) is 31.6 Å². The van der Waals surface area contributed by atoms with Crippen LogP contribution in [0.5, 0.6) is 0 Å². The minimum absolute atomic E-state index is 0.0405. The van der Waals surface area contributed by atoms with E-state index >= 15 is 0 Å². The van der Waals surface area contributed by atoms with Gasteiger partial charge in [0.05, 0.1) is 24.2 Å². The highest BCUT2D eigenvalue weighted by Crippen LogP contribution is 2.10. The van der Waals surface area contributed by atoms with Crippen molar-refractivity contribution in [1.29, 1.82) is 0 Å². The summed E-state index contributed by atoms with van der Waals surface area (Å²) in [5.74, 6) is -0.00408. The zero-order valence-electron chi connectivity index (χ0n) is 10.2. The van der Waals surface area contributed by atoms with E-state index < -0.39 is 15.9 Å². The Balaban J connectivity index is 2.31. The van der Waals surface area contributed by atoms with Crippen LogP contribution in [0, 0.1) is 0 Å². The molecule has 7 heteroatoms. The highest BCUT2D eigenvalue weighted by atomic mass is 32.2. The number of hydrogen-bond acceptors (Lipinski definition) is 5. The number of sulfone groups is 1. The molecule has 1 aliphatic rings. The summed E-state index contributed by atoms with van der Waals surface area (Å²) < 4.78 is 22.4. The quantitative estimate of drug-likeness (QED) is 0.638. The molecule has 0 radical (unpaired) electrons. The van der Waals surface area contributed by atoms with E-state index in [2.05, 4.69) is 5.32 Å². The molecule has 1 rings (SSSR count). The first kappa shape index (κ1) is 14.4. The SMILES string of the molecule is CC(O)CN(C)CC(=O)NC1CCS(=O)(=O)C1. The summed E-state index contributed by atoms with van der Waals surface area (Å²) in [6, 6.07) is -0.257. The number of carbonyl (C=O) groups is 1. The topological polar surface area (TPSA) is 86.7 Å². The molecule has 1 amide bonds. The van der Waals surface area contributed by atoms with Crippen LogP contribution in [0.25, 0.3) is 0 Å². The van der Waals surface area contributed by atoms with Crippen LogP contribution in [0.3, 0.4) is 0 Å². The third-order valence-electron chi connectivity index (χ3n) is 2.59. The van der Waals surface area contributed by atoms with Crippen molar-refractivity contribution in [3.8, 4) is 0 Å². The van der Waals surface area contributed by atoms with Crippen LogP contribution in [0.4, 0.5) is 0 Å². The van der Waals surface area contributed by atoms with Gasteiger partial charge >= 0.3 is 0 Å². The zero-order chi connectivity index (χ0) is 13.1. The van der Waals surface area contributed by atoms with Crippen LogP contribution in [-0.4, -0.2) is 68.1 Å². The number of hydrogen-bond donors (Lipinski definition) is 2. The van der Waals surface area contributed by atoms with Gasteiger partial charge in [0.15, 0.2) is 9.84 Å². The Bertz CT molecular complexity index is 367. The van der Waals surface area contributed by atoms with Crippen molar-refractivity contribution in [2.24, 2.45) is 0 Å². The minimum atomic E-state index is -2.96. The summed E-state index contributed by atoms with van der Waals surface area (Å²) >= 11 is 0. The summed E-state index contributed by atoms with van der Waals surface area (Å²) in [6.07, 6.45) is 0.00781. The standard InChI is InChI=1S/C10H20N2O4S/c1-8(13)5-12(2)6-10(14)11-9-3-4-17(15,16)7-9/h8-9,13H,3-7H2,1-2H3,(H,11,14). The third kappa shape index (κ3) is 5.47. The molecule has 0 saturated carbocycles. The lowest BCUT2D eigenvalue weighted by molar-refractivity contribution is -0.122. The Morgan fingerprint density at radius 2 is 2.24 bits per heavy atom. The average molecular weight is 264 g/mol. The lowest BCUT2D eigenvalue weighted by Gasteiger charge is -2.19. The Morgan fingerprint density at radius 1 is 1.59 bits per heavy atom. The van der Waals surface area contributed by atoms with E-state index in [1.54, 1.807) is 18.9 Å². The minimum Gasteiger partial charge on any atom is -0.392 e. The molecule has 0 aromatic heterocycles. The number of rotatable bonds is 5. The lowest BCUT2D eigenvalue weighted by Crippen LogP contribution is -2.42. The maximum Gasteiger partial charge on any atom is 0.234 e. The monoisotopic (exact) mass is 264 g/mol. The van der Waals surface area contributed by atoms with Gasteiger partial charge in [-0.25, -0.2) is 8.42 Å². The summed E-state index contributed by atoms with van der Waals surface area (Å²) in [4.78, 5) is 13.3. The van der Waals surface area contributed by atoms with Gasteiger partial charge in [0.25, 0.3) is 0 Å². The third-order valence-corrected chi connectivity index (χ3v) is 4.35. The molecule has 100 valence electrons. The predicted octanol–water partition coefficient (Wildman–Crippen LogP) is -1.40. The van der Waals surface area contributed by atoms with Gasteiger partial charge in [0.2, 0.25) is 5.91 Å². The second kappa shape index (κ2) is 5.79. The smallest absolute Gasteiger partial charge is 0.234 e. The van der Waals surface area contributed by atoms with Crippen LogP contribution in [-0.2, 0) is 14.6 Å². The van der Waals surface area contributed by atoms with Crippen molar-refractivity contribution < 1.29 is 18.3 Å². The molecule has 1 saturated heterocycles. The van der Waals surface area contributed by atoms with Crippen LogP contribution in [0.2, 0.25) is 0 Å². The van der Waals surface area contributed by atoms with Crippen molar-refractivity contribution in [2.45, 2.75) is 25.5 Å². The average Bonchev–Trinajstić information content (AvgIpc) is 2.42. The first-order valence-electron chi connectivity index (χ1n) is 5.65. The molecule has 6 nitrogen and oxygen atoms in total. The molecule has 1 aliphatic heterocycles. The molecule has 1 heterocycles. The van der Waals surface area contributed by atoms with Crippen LogP contribution >= 0.6 is 0 Å². The van der Waals surface area contributed by atoms with Gasteiger partial charge in [0, 0.05) is 12.6 Å². The molecular weight excluding hydrogens is 244 g/mol. The number of likely N-dealkylation sites (N-methyl/N-ethyl adjacent to an activating group) is 1. The predicted molar refractivity (Wildman–Crippen MR) is 64.4 cm³/mol. The van der Waals surface area contributed by atoms with Gasteiger partial charge in [-0.1, -0.05) is 0 Å². The zero-order valence-corrected chi connectivity index (χ0v) is 11.0. The van der Waals surface area contributed by atoms with Crippen molar-refractivity contribution in [3.05, 3.63) is 0 Å².